The van der Waals surface area contributed by atoms with Crippen LogP contribution in [0.5, 0.6) is 11.5 Å². The lowest BCUT2D eigenvalue weighted by Gasteiger charge is -2.59. The Morgan fingerprint density at radius 2 is 1.65 bits per heavy atom. The highest BCUT2D eigenvalue weighted by atomic mass is 16.5. The number of hydrogen-bond donors (Lipinski definition) is 2. The molecule has 4 nitrogen and oxygen atoms in total. The molecular weight excluding hydrogens is 496 g/mol. The van der Waals surface area contributed by atoms with Crippen LogP contribution in [-0.2, 0) is 14.9 Å². The van der Waals surface area contributed by atoms with Crippen LogP contribution in [0.1, 0.15) is 116 Å². The average molecular weight is 547 g/mol. The van der Waals surface area contributed by atoms with Crippen molar-refractivity contribution in [3.63, 3.8) is 0 Å². The van der Waals surface area contributed by atoms with Crippen LogP contribution >= 0.6 is 0 Å². The number of rotatable bonds is 10. The van der Waals surface area contributed by atoms with Crippen molar-refractivity contribution < 1.29 is 19.7 Å². The minimum absolute atomic E-state index is 0.00258. The zero-order valence-electron chi connectivity index (χ0n) is 25.9. The molecule has 218 valence electrons. The molecule has 1 saturated carbocycles. The van der Waals surface area contributed by atoms with Crippen molar-refractivity contribution in [2.24, 2.45) is 22.7 Å². The zero-order chi connectivity index (χ0) is 29.5. The molecule has 0 heterocycles. The molecule has 2 aromatic rings. The maximum Gasteiger partial charge on any atom is 0.311 e. The quantitative estimate of drug-likeness (QED) is 0.177. The fourth-order valence-electron chi connectivity index (χ4n) is 7.23. The number of carbonyl (C=O) groups excluding carboxylic acids is 1. The first-order valence-electron chi connectivity index (χ1n) is 15.2. The van der Waals surface area contributed by atoms with Crippen LogP contribution < -0.4 is 0 Å². The fourth-order valence-corrected chi connectivity index (χ4v) is 7.23. The summed E-state index contributed by atoms with van der Waals surface area (Å²) in [5.41, 5.74) is 3.07. The van der Waals surface area contributed by atoms with Gasteiger partial charge in [0.1, 0.15) is 18.1 Å². The van der Waals surface area contributed by atoms with Gasteiger partial charge in [0.25, 0.3) is 0 Å². The number of aromatic hydroxyl groups is 2. The first-order chi connectivity index (χ1) is 18.7. The van der Waals surface area contributed by atoms with E-state index in [2.05, 4.69) is 71.0 Å². The third kappa shape index (κ3) is 5.69. The average Bonchev–Trinajstić information content (AvgIpc) is 2.88. The predicted octanol–water partition coefficient (Wildman–Crippen LogP) is 9.01. The van der Waals surface area contributed by atoms with Crippen molar-refractivity contribution in [1.29, 1.82) is 0 Å². The summed E-state index contributed by atoms with van der Waals surface area (Å²) >= 11 is 0. The van der Waals surface area contributed by atoms with Gasteiger partial charge in [-0.05, 0) is 91.0 Å². The molecular formula is C36H50O4. The van der Waals surface area contributed by atoms with Crippen LogP contribution in [0.2, 0.25) is 0 Å². The van der Waals surface area contributed by atoms with Crippen LogP contribution in [0.3, 0.4) is 0 Å². The molecule has 2 N–H and O–H groups in total. The fraction of sp³-hybridized carbons (Fsp3) is 0.583. The molecule has 0 saturated heterocycles. The van der Waals surface area contributed by atoms with E-state index >= 15 is 0 Å². The highest BCUT2D eigenvalue weighted by Gasteiger charge is 2.56. The van der Waals surface area contributed by atoms with Crippen molar-refractivity contribution in [2.45, 2.75) is 105 Å². The topological polar surface area (TPSA) is 66.8 Å². The minimum Gasteiger partial charge on any atom is -0.507 e. The van der Waals surface area contributed by atoms with E-state index in [1.165, 1.54) is 18.4 Å². The van der Waals surface area contributed by atoms with Gasteiger partial charge in [0.2, 0.25) is 0 Å². The van der Waals surface area contributed by atoms with Gasteiger partial charge < -0.3 is 14.9 Å². The molecule has 5 rings (SSSR count). The van der Waals surface area contributed by atoms with Crippen LogP contribution in [0.4, 0.5) is 0 Å². The number of phenolic OH excluding ortho intramolecular Hbond substituents is 2. The van der Waals surface area contributed by atoms with E-state index in [0.717, 1.165) is 30.4 Å². The van der Waals surface area contributed by atoms with Crippen molar-refractivity contribution in [3.05, 3.63) is 70.8 Å². The molecule has 2 aromatic carbocycles. The summed E-state index contributed by atoms with van der Waals surface area (Å²) in [6.45, 7) is 17.0. The smallest absolute Gasteiger partial charge is 0.311 e. The van der Waals surface area contributed by atoms with Gasteiger partial charge in [-0.15, -0.1) is 0 Å². The molecule has 40 heavy (non-hydrogen) atoms. The molecule has 3 aliphatic rings. The Bertz CT molecular complexity index is 1210. The number of phenols is 2. The molecule has 0 radical (unpaired) electrons. The van der Waals surface area contributed by atoms with E-state index < -0.39 is 5.41 Å². The molecule has 0 amide bonds. The van der Waals surface area contributed by atoms with E-state index in [-0.39, 0.29) is 46.7 Å². The first-order valence-corrected chi connectivity index (χ1v) is 15.2. The second-order valence-electron chi connectivity index (χ2n) is 14.4. The van der Waals surface area contributed by atoms with E-state index in [0.29, 0.717) is 17.4 Å². The Balaban J connectivity index is 1.67. The van der Waals surface area contributed by atoms with Gasteiger partial charge in [0.05, 0.1) is 5.41 Å². The predicted molar refractivity (Wildman–Crippen MR) is 163 cm³/mol. The van der Waals surface area contributed by atoms with Crippen molar-refractivity contribution in [1.82, 2.24) is 0 Å². The van der Waals surface area contributed by atoms with Crippen LogP contribution in [-0.4, -0.2) is 22.8 Å². The van der Waals surface area contributed by atoms with Gasteiger partial charge in [-0.3, -0.25) is 4.79 Å². The number of hydrogen-bond acceptors (Lipinski definition) is 4. The highest BCUT2D eigenvalue weighted by molar-refractivity contribution is 5.75. The summed E-state index contributed by atoms with van der Waals surface area (Å²) < 4.78 is 5.72. The van der Waals surface area contributed by atoms with Crippen LogP contribution in [0.25, 0.3) is 0 Å². The Morgan fingerprint density at radius 1 is 1.02 bits per heavy atom. The van der Waals surface area contributed by atoms with E-state index in [1.807, 2.05) is 32.9 Å². The van der Waals surface area contributed by atoms with E-state index in [1.54, 1.807) is 0 Å². The normalized spacial score (nSPS) is 22.7. The number of carbonyl (C=O) groups is 1. The number of esters is 1. The van der Waals surface area contributed by atoms with Crippen LogP contribution in [0, 0.1) is 22.7 Å². The molecule has 0 aliphatic heterocycles. The lowest BCUT2D eigenvalue weighted by Crippen LogP contribution is -2.52. The molecule has 4 atom stereocenters. The SMILES string of the molecule is CCCCC[C@@H](c1ccccc1)C(C)(C)c1cc(O)c([C@H]2C=C(COC(=O)C(C)(C)C)[C@H]3C[C@@H]2C3(C)C)c(O)c1. The lowest BCUT2D eigenvalue weighted by molar-refractivity contribution is -0.152. The lowest BCUT2D eigenvalue weighted by atomic mass is 9.45. The van der Waals surface area contributed by atoms with Gasteiger partial charge in [-0.2, -0.15) is 0 Å². The van der Waals surface area contributed by atoms with Gasteiger partial charge in [0, 0.05) is 11.5 Å². The van der Waals surface area contributed by atoms with Gasteiger partial charge >= 0.3 is 5.97 Å². The zero-order valence-corrected chi connectivity index (χ0v) is 25.9. The summed E-state index contributed by atoms with van der Waals surface area (Å²) in [7, 11) is 0. The van der Waals surface area contributed by atoms with E-state index in [9.17, 15) is 15.0 Å². The Morgan fingerprint density at radius 3 is 2.20 bits per heavy atom. The highest BCUT2D eigenvalue weighted by Crippen LogP contribution is 2.65. The monoisotopic (exact) mass is 546 g/mol. The standard InChI is InChI=1S/C36H50O4/c1-9-10-12-17-27(23-15-13-11-14-16-23)35(5,6)25-19-30(37)32(31(38)20-25)26-18-24(22-40-33(39)34(2,3)4)28-21-29(26)36(28,7)8/h11,13-16,18-20,26-29,37-38H,9-10,12,17,21-22H2,1-8H3/t26-,27-,28+,29-/m0/s1. The maximum atomic E-state index is 12.5. The number of benzene rings is 2. The minimum atomic E-state index is -0.556. The molecule has 1 fully saturated rings. The maximum absolute atomic E-state index is 12.5. The Hall–Kier alpha value is -2.75. The Labute approximate surface area is 241 Å². The number of ether oxygens (including phenoxy) is 1. The molecule has 4 heteroatoms. The second-order valence-corrected chi connectivity index (χ2v) is 14.4. The summed E-state index contributed by atoms with van der Waals surface area (Å²) in [5.74, 6) is 0.868. The third-order valence-corrected chi connectivity index (χ3v) is 9.98. The van der Waals surface area contributed by atoms with Gasteiger partial charge in [-0.1, -0.05) is 90.3 Å². The largest absolute Gasteiger partial charge is 0.507 e. The van der Waals surface area contributed by atoms with Crippen molar-refractivity contribution in [2.75, 3.05) is 6.61 Å². The molecule has 2 bridgehead atoms. The molecule has 3 aliphatic carbocycles. The summed E-state index contributed by atoms with van der Waals surface area (Å²) in [6.07, 6.45) is 7.67. The van der Waals surface area contributed by atoms with Crippen molar-refractivity contribution >= 4 is 5.97 Å². The van der Waals surface area contributed by atoms with E-state index in [4.69, 9.17) is 4.74 Å². The van der Waals surface area contributed by atoms with Gasteiger partial charge in [0.15, 0.2) is 0 Å². The molecule has 0 aromatic heterocycles. The Kier molecular flexibility index (Phi) is 8.50. The van der Waals surface area contributed by atoms with Crippen LogP contribution in [0.15, 0.2) is 54.1 Å². The van der Waals surface area contributed by atoms with Gasteiger partial charge in [-0.25, -0.2) is 0 Å². The molecule has 0 spiro atoms. The second kappa shape index (κ2) is 11.3. The first kappa shape index (κ1) is 30.2. The number of fused-ring (bicyclic) bond motifs is 1. The number of allylic oxidation sites excluding steroid dienone is 1. The summed E-state index contributed by atoms with van der Waals surface area (Å²) in [4.78, 5) is 12.5. The third-order valence-electron chi connectivity index (χ3n) is 9.98. The summed E-state index contributed by atoms with van der Waals surface area (Å²) in [6, 6.07) is 14.4. The number of unbranched alkanes of at least 4 members (excludes halogenated alkanes) is 2. The van der Waals surface area contributed by atoms with Crippen molar-refractivity contribution in [3.8, 4) is 11.5 Å². The summed E-state index contributed by atoms with van der Waals surface area (Å²) in [5, 5.41) is 23.0. The molecule has 0 unspecified atom stereocenters.